The van der Waals surface area contributed by atoms with E-state index in [0.29, 0.717) is 11.5 Å². The molecule has 0 heterocycles. The molecule has 1 aliphatic carbocycles. The minimum atomic E-state index is 0.394. The van der Waals surface area contributed by atoms with Gasteiger partial charge >= 0.3 is 0 Å². The highest BCUT2D eigenvalue weighted by Crippen LogP contribution is 2.38. The van der Waals surface area contributed by atoms with Crippen molar-refractivity contribution in [3.05, 3.63) is 47.2 Å². The average Bonchev–Trinajstić information content (AvgIpc) is 2.35. The minimum absolute atomic E-state index is 0.394. The van der Waals surface area contributed by atoms with Crippen molar-refractivity contribution in [1.82, 2.24) is 5.32 Å². The molecule has 0 amide bonds. The SMILES string of the molecule is CC1=C(NC(C)c2ccccc2)CC(C)(C)CC1. The van der Waals surface area contributed by atoms with Crippen LogP contribution < -0.4 is 5.32 Å². The molecule has 1 N–H and O–H groups in total. The van der Waals surface area contributed by atoms with Crippen LogP contribution in [0.3, 0.4) is 0 Å². The highest BCUT2D eigenvalue weighted by molar-refractivity contribution is 5.22. The van der Waals surface area contributed by atoms with E-state index in [1.54, 1.807) is 0 Å². The van der Waals surface area contributed by atoms with Crippen molar-refractivity contribution in [2.45, 2.75) is 53.0 Å². The molecule has 0 aliphatic heterocycles. The monoisotopic (exact) mass is 243 g/mol. The number of rotatable bonds is 3. The summed E-state index contributed by atoms with van der Waals surface area (Å²) in [5.41, 5.74) is 4.80. The first kappa shape index (κ1) is 13.2. The Hall–Kier alpha value is -1.24. The number of nitrogens with one attached hydrogen (secondary N) is 1. The maximum atomic E-state index is 3.72. The molecule has 2 rings (SSSR count). The lowest BCUT2D eigenvalue weighted by molar-refractivity contribution is 0.300. The lowest BCUT2D eigenvalue weighted by Crippen LogP contribution is -2.27. The summed E-state index contributed by atoms with van der Waals surface area (Å²) in [4.78, 5) is 0. The van der Waals surface area contributed by atoms with Gasteiger partial charge in [0.2, 0.25) is 0 Å². The van der Waals surface area contributed by atoms with Gasteiger partial charge in [0.1, 0.15) is 0 Å². The van der Waals surface area contributed by atoms with Crippen molar-refractivity contribution in [1.29, 1.82) is 0 Å². The molecule has 1 aromatic carbocycles. The second kappa shape index (κ2) is 5.17. The summed E-state index contributed by atoms with van der Waals surface area (Å²) in [6.07, 6.45) is 3.72. The van der Waals surface area contributed by atoms with E-state index in [9.17, 15) is 0 Å². The topological polar surface area (TPSA) is 12.0 Å². The zero-order chi connectivity index (χ0) is 13.2. The number of allylic oxidation sites excluding steroid dienone is 2. The Morgan fingerprint density at radius 3 is 2.50 bits per heavy atom. The van der Waals surface area contributed by atoms with E-state index in [1.807, 2.05) is 0 Å². The van der Waals surface area contributed by atoms with Gasteiger partial charge in [-0.2, -0.15) is 0 Å². The van der Waals surface area contributed by atoms with Crippen LogP contribution in [-0.4, -0.2) is 0 Å². The third-order valence-corrected chi connectivity index (χ3v) is 4.04. The van der Waals surface area contributed by atoms with E-state index in [0.717, 1.165) is 0 Å². The fourth-order valence-corrected chi connectivity index (χ4v) is 2.66. The summed E-state index contributed by atoms with van der Waals surface area (Å²) >= 11 is 0. The van der Waals surface area contributed by atoms with Crippen LogP contribution in [0.25, 0.3) is 0 Å². The molecule has 0 saturated carbocycles. The van der Waals surface area contributed by atoms with Crippen molar-refractivity contribution < 1.29 is 0 Å². The standard InChI is InChI=1S/C17H25N/c1-13-10-11-17(3,4)12-16(13)18-14(2)15-8-6-5-7-9-15/h5-9,14,18H,10-12H2,1-4H3. The highest BCUT2D eigenvalue weighted by atomic mass is 14.9. The van der Waals surface area contributed by atoms with Gasteiger partial charge in [-0.25, -0.2) is 0 Å². The van der Waals surface area contributed by atoms with Crippen LogP contribution in [0.2, 0.25) is 0 Å². The van der Waals surface area contributed by atoms with Gasteiger partial charge in [-0.05, 0) is 44.1 Å². The third kappa shape index (κ3) is 3.16. The molecule has 1 aliphatic rings. The van der Waals surface area contributed by atoms with Crippen LogP contribution in [-0.2, 0) is 0 Å². The Labute approximate surface area is 111 Å². The summed E-state index contributed by atoms with van der Waals surface area (Å²) in [7, 11) is 0. The van der Waals surface area contributed by atoms with Crippen molar-refractivity contribution in [3.8, 4) is 0 Å². The maximum absolute atomic E-state index is 3.72. The van der Waals surface area contributed by atoms with Gasteiger partial charge in [0.05, 0.1) is 0 Å². The molecule has 0 saturated heterocycles. The highest BCUT2D eigenvalue weighted by Gasteiger charge is 2.26. The van der Waals surface area contributed by atoms with Gasteiger partial charge in [-0.15, -0.1) is 0 Å². The first-order valence-electron chi connectivity index (χ1n) is 6.98. The molecule has 1 atom stereocenters. The Bertz CT molecular complexity index is 428. The Kier molecular flexibility index (Phi) is 3.79. The largest absolute Gasteiger partial charge is 0.382 e. The van der Waals surface area contributed by atoms with Gasteiger partial charge in [-0.3, -0.25) is 0 Å². The van der Waals surface area contributed by atoms with Crippen molar-refractivity contribution in [2.75, 3.05) is 0 Å². The van der Waals surface area contributed by atoms with Crippen molar-refractivity contribution in [2.24, 2.45) is 5.41 Å². The van der Waals surface area contributed by atoms with E-state index >= 15 is 0 Å². The van der Waals surface area contributed by atoms with Crippen LogP contribution in [0, 0.1) is 5.41 Å². The summed E-state index contributed by atoms with van der Waals surface area (Å²) in [6.45, 7) is 9.26. The van der Waals surface area contributed by atoms with Crippen LogP contribution in [0.15, 0.2) is 41.6 Å². The van der Waals surface area contributed by atoms with Crippen LogP contribution in [0.1, 0.15) is 58.6 Å². The van der Waals surface area contributed by atoms with E-state index in [-0.39, 0.29) is 0 Å². The van der Waals surface area contributed by atoms with Crippen molar-refractivity contribution in [3.63, 3.8) is 0 Å². The number of hydrogen-bond acceptors (Lipinski definition) is 1. The zero-order valence-electron chi connectivity index (χ0n) is 12.1. The summed E-state index contributed by atoms with van der Waals surface area (Å²) in [5.74, 6) is 0. The summed E-state index contributed by atoms with van der Waals surface area (Å²) in [6, 6.07) is 11.1. The molecule has 18 heavy (non-hydrogen) atoms. The summed E-state index contributed by atoms with van der Waals surface area (Å²) in [5, 5.41) is 3.72. The fraction of sp³-hybridized carbons (Fsp3) is 0.529. The Balaban J connectivity index is 2.09. The predicted octanol–water partition coefficient (Wildman–Crippen LogP) is 4.82. The van der Waals surface area contributed by atoms with E-state index < -0.39 is 0 Å². The quantitative estimate of drug-likeness (QED) is 0.802. The molecular weight excluding hydrogens is 218 g/mol. The molecule has 0 fully saturated rings. The molecule has 1 aromatic rings. The number of hydrogen-bond donors (Lipinski definition) is 1. The predicted molar refractivity (Wildman–Crippen MR) is 78.3 cm³/mol. The van der Waals surface area contributed by atoms with Gasteiger partial charge in [0.15, 0.2) is 0 Å². The Morgan fingerprint density at radius 2 is 1.83 bits per heavy atom. The van der Waals surface area contributed by atoms with Gasteiger partial charge in [0, 0.05) is 11.7 Å². The van der Waals surface area contributed by atoms with Crippen LogP contribution in [0.4, 0.5) is 0 Å². The molecule has 98 valence electrons. The van der Waals surface area contributed by atoms with Gasteiger partial charge in [0.25, 0.3) is 0 Å². The van der Waals surface area contributed by atoms with Crippen molar-refractivity contribution >= 4 is 0 Å². The summed E-state index contributed by atoms with van der Waals surface area (Å²) < 4.78 is 0. The maximum Gasteiger partial charge on any atom is 0.0482 e. The first-order chi connectivity index (χ1) is 8.48. The molecule has 1 unspecified atom stereocenters. The van der Waals surface area contributed by atoms with Crippen LogP contribution >= 0.6 is 0 Å². The second-order valence-corrected chi connectivity index (χ2v) is 6.38. The van der Waals surface area contributed by atoms with Crippen LogP contribution in [0.5, 0.6) is 0 Å². The molecule has 1 nitrogen and oxygen atoms in total. The molecule has 0 bridgehead atoms. The lowest BCUT2D eigenvalue weighted by Gasteiger charge is -2.34. The van der Waals surface area contributed by atoms with Gasteiger partial charge < -0.3 is 5.32 Å². The Morgan fingerprint density at radius 1 is 1.17 bits per heavy atom. The smallest absolute Gasteiger partial charge is 0.0482 e. The average molecular weight is 243 g/mol. The molecular formula is C17H25N. The second-order valence-electron chi connectivity index (χ2n) is 6.38. The third-order valence-electron chi connectivity index (χ3n) is 4.04. The van der Waals surface area contributed by atoms with E-state index in [1.165, 1.54) is 36.1 Å². The van der Waals surface area contributed by atoms with E-state index in [4.69, 9.17) is 0 Å². The normalized spacial score (nSPS) is 20.7. The first-order valence-corrected chi connectivity index (χ1v) is 6.98. The molecule has 0 aromatic heterocycles. The van der Waals surface area contributed by atoms with Gasteiger partial charge in [-0.1, -0.05) is 49.8 Å². The zero-order valence-corrected chi connectivity index (χ0v) is 12.1. The molecule has 0 spiro atoms. The minimum Gasteiger partial charge on any atom is -0.382 e. The number of benzene rings is 1. The molecule has 1 heteroatoms. The fourth-order valence-electron chi connectivity index (χ4n) is 2.66. The molecule has 0 radical (unpaired) electrons. The van der Waals surface area contributed by atoms with E-state index in [2.05, 4.69) is 63.3 Å². The lowest BCUT2D eigenvalue weighted by atomic mass is 9.76.